The van der Waals surface area contributed by atoms with Crippen LogP contribution in [0.1, 0.15) is 54.6 Å². The first-order valence-electron chi connectivity index (χ1n) is 13.3. The van der Waals surface area contributed by atoms with Gasteiger partial charge in [0, 0.05) is 42.4 Å². The van der Waals surface area contributed by atoms with E-state index >= 15 is 4.39 Å². The van der Waals surface area contributed by atoms with Crippen molar-refractivity contribution in [3.05, 3.63) is 65.1 Å². The molecule has 6 nitrogen and oxygen atoms in total. The van der Waals surface area contributed by atoms with E-state index in [9.17, 15) is 4.79 Å². The molecule has 3 aliphatic rings. The van der Waals surface area contributed by atoms with E-state index in [1.807, 2.05) is 30.3 Å². The second-order valence-corrected chi connectivity index (χ2v) is 10.9. The predicted molar refractivity (Wildman–Crippen MR) is 143 cm³/mol. The highest BCUT2D eigenvalue weighted by atomic mass is 19.1. The van der Waals surface area contributed by atoms with Gasteiger partial charge in [-0.25, -0.2) is 4.98 Å². The third-order valence-electron chi connectivity index (χ3n) is 8.33. The number of anilines is 1. The highest BCUT2D eigenvalue weighted by molar-refractivity contribution is 5.97. The molecule has 3 aromatic rings. The molecule has 37 heavy (non-hydrogen) atoms. The number of likely N-dealkylation sites (tertiary alicyclic amines) is 1. The summed E-state index contributed by atoms with van der Waals surface area (Å²) < 4.78 is 21.7. The number of piperidine rings is 1. The fraction of sp³-hybridized carbons (Fsp3) is 0.400. The minimum Gasteiger partial charge on any atom is -0.487 e. The maximum absolute atomic E-state index is 15.1. The largest absolute Gasteiger partial charge is 0.487 e. The molecule has 4 heterocycles. The Bertz CT molecular complexity index is 1380. The first-order chi connectivity index (χ1) is 17.8. The lowest BCUT2D eigenvalue weighted by Gasteiger charge is -2.45. The van der Waals surface area contributed by atoms with Gasteiger partial charge in [0.1, 0.15) is 17.2 Å². The molecule has 0 radical (unpaired) electrons. The third-order valence-corrected chi connectivity index (χ3v) is 8.33. The number of pyridine rings is 1. The number of rotatable bonds is 3. The summed E-state index contributed by atoms with van der Waals surface area (Å²) in [7, 11) is 0. The van der Waals surface area contributed by atoms with Gasteiger partial charge in [-0.1, -0.05) is 18.2 Å². The molecular weight excluding hydrogens is 467 g/mol. The fourth-order valence-corrected chi connectivity index (χ4v) is 6.02. The number of hydrogen-bond donors (Lipinski definition) is 2. The smallest absolute Gasteiger partial charge is 0.251 e. The van der Waals surface area contributed by atoms with Gasteiger partial charge in [-0.05, 0) is 92.5 Å². The quantitative estimate of drug-likeness (QED) is 0.495. The van der Waals surface area contributed by atoms with Gasteiger partial charge in [-0.15, -0.1) is 0 Å². The molecule has 1 saturated heterocycles. The van der Waals surface area contributed by atoms with E-state index in [0.29, 0.717) is 29.3 Å². The van der Waals surface area contributed by atoms with E-state index < -0.39 is 5.95 Å². The Morgan fingerprint density at radius 2 is 1.70 bits per heavy atom. The van der Waals surface area contributed by atoms with Crippen molar-refractivity contribution in [2.75, 3.05) is 25.4 Å². The van der Waals surface area contributed by atoms with Crippen molar-refractivity contribution in [3.63, 3.8) is 0 Å². The zero-order valence-corrected chi connectivity index (χ0v) is 21.4. The van der Waals surface area contributed by atoms with E-state index in [2.05, 4.69) is 29.0 Å². The molecule has 2 aromatic carbocycles. The van der Waals surface area contributed by atoms with Crippen LogP contribution in [0.15, 0.2) is 42.5 Å². The normalized spacial score (nSPS) is 18.8. The van der Waals surface area contributed by atoms with Crippen LogP contribution in [0.4, 0.5) is 10.2 Å². The Hall–Kier alpha value is -3.45. The van der Waals surface area contributed by atoms with Crippen LogP contribution < -0.4 is 15.8 Å². The Labute approximate surface area is 217 Å². The molecule has 192 valence electrons. The Balaban J connectivity index is 1.29. The molecule has 1 spiro atoms. The number of halogens is 1. The number of nitrogen functional groups attached to an aromatic ring is 1. The van der Waals surface area contributed by atoms with E-state index in [0.717, 1.165) is 73.2 Å². The summed E-state index contributed by atoms with van der Waals surface area (Å²) in [4.78, 5) is 18.7. The van der Waals surface area contributed by atoms with Crippen LogP contribution in [-0.2, 0) is 12.8 Å². The molecule has 0 unspecified atom stereocenters. The van der Waals surface area contributed by atoms with Gasteiger partial charge in [-0.3, -0.25) is 4.79 Å². The molecule has 6 rings (SSSR count). The lowest BCUT2D eigenvalue weighted by molar-refractivity contribution is -0.0211. The molecule has 1 aromatic heterocycles. The molecule has 0 aliphatic carbocycles. The number of benzene rings is 2. The first kappa shape index (κ1) is 23.9. The molecule has 0 bridgehead atoms. The van der Waals surface area contributed by atoms with Crippen molar-refractivity contribution in [2.24, 2.45) is 0 Å². The summed E-state index contributed by atoms with van der Waals surface area (Å²) in [6.07, 6.45) is 4.71. The fourth-order valence-electron chi connectivity index (χ4n) is 6.02. The standard InChI is InChI=1S/C30H33FN4O2/c1-18(2)35-13-10-30(11-14-35)9-7-22-16-19(4-6-26(22)37-30)24-17-25(28(32)34-27(24)31)20-3-5-23-21(15-20)8-12-33-29(23)36/h3-6,15-18H,7-14H2,1-2H3,(H2,32,34)(H,33,36). The molecular formula is C30H33FN4O2. The molecule has 1 fully saturated rings. The van der Waals surface area contributed by atoms with Crippen LogP contribution in [0.3, 0.4) is 0 Å². The topological polar surface area (TPSA) is 80.5 Å². The summed E-state index contributed by atoms with van der Waals surface area (Å²) >= 11 is 0. The van der Waals surface area contributed by atoms with Gasteiger partial charge in [0.05, 0.1) is 0 Å². The van der Waals surface area contributed by atoms with Crippen LogP contribution in [0, 0.1) is 5.95 Å². The molecule has 0 saturated carbocycles. The van der Waals surface area contributed by atoms with Gasteiger partial charge in [-0.2, -0.15) is 4.39 Å². The highest BCUT2D eigenvalue weighted by Gasteiger charge is 2.40. The number of carbonyl (C=O) groups is 1. The minimum absolute atomic E-state index is 0.0674. The third kappa shape index (κ3) is 4.35. The zero-order chi connectivity index (χ0) is 25.7. The average molecular weight is 501 g/mol. The number of nitrogens with zero attached hydrogens (tertiary/aromatic N) is 2. The van der Waals surface area contributed by atoms with Crippen molar-refractivity contribution >= 4 is 11.7 Å². The van der Waals surface area contributed by atoms with E-state index in [4.69, 9.17) is 10.5 Å². The van der Waals surface area contributed by atoms with Crippen LogP contribution in [0.2, 0.25) is 0 Å². The van der Waals surface area contributed by atoms with Crippen LogP contribution >= 0.6 is 0 Å². The second kappa shape index (κ2) is 9.14. The molecule has 3 aliphatic heterocycles. The number of aryl methyl sites for hydroxylation is 1. The number of amides is 1. The first-order valence-corrected chi connectivity index (χ1v) is 13.3. The molecule has 1 amide bonds. The van der Waals surface area contributed by atoms with E-state index in [1.54, 1.807) is 12.1 Å². The summed E-state index contributed by atoms with van der Waals surface area (Å²) in [6.45, 7) is 7.22. The lowest BCUT2D eigenvalue weighted by atomic mass is 9.82. The number of aromatic nitrogens is 1. The van der Waals surface area contributed by atoms with Crippen molar-refractivity contribution in [3.8, 4) is 28.0 Å². The maximum Gasteiger partial charge on any atom is 0.251 e. The van der Waals surface area contributed by atoms with Crippen LogP contribution in [0.25, 0.3) is 22.3 Å². The number of nitrogens with one attached hydrogen (secondary N) is 1. The van der Waals surface area contributed by atoms with Crippen molar-refractivity contribution in [2.45, 2.75) is 57.6 Å². The van der Waals surface area contributed by atoms with Gasteiger partial charge in [0.25, 0.3) is 5.91 Å². The number of hydrogen-bond acceptors (Lipinski definition) is 5. The van der Waals surface area contributed by atoms with E-state index in [1.165, 1.54) is 0 Å². The zero-order valence-electron chi connectivity index (χ0n) is 21.4. The molecule has 3 N–H and O–H groups in total. The van der Waals surface area contributed by atoms with Gasteiger partial charge >= 0.3 is 0 Å². The van der Waals surface area contributed by atoms with Gasteiger partial charge in [0.2, 0.25) is 5.95 Å². The summed E-state index contributed by atoms with van der Waals surface area (Å²) in [5.41, 5.74) is 11.5. The average Bonchev–Trinajstić information content (AvgIpc) is 2.89. The van der Waals surface area contributed by atoms with E-state index in [-0.39, 0.29) is 17.3 Å². The van der Waals surface area contributed by atoms with Crippen molar-refractivity contribution < 1.29 is 13.9 Å². The number of nitrogens with two attached hydrogens (primary N) is 1. The second-order valence-electron chi connectivity index (χ2n) is 10.9. The lowest BCUT2D eigenvalue weighted by Crippen LogP contribution is -2.51. The van der Waals surface area contributed by atoms with Crippen molar-refractivity contribution in [1.82, 2.24) is 15.2 Å². The minimum atomic E-state index is -0.590. The summed E-state index contributed by atoms with van der Waals surface area (Å²) in [6, 6.07) is 13.9. The van der Waals surface area contributed by atoms with Gasteiger partial charge in [0.15, 0.2) is 0 Å². The van der Waals surface area contributed by atoms with Crippen LogP contribution in [-0.4, -0.2) is 47.1 Å². The molecule has 7 heteroatoms. The highest BCUT2D eigenvalue weighted by Crippen LogP contribution is 2.42. The summed E-state index contributed by atoms with van der Waals surface area (Å²) in [5.74, 6) is 0.387. The Kier molecular flexibility index (Phi) is 5.91. The Morgan fingerprint density at radius 3 is 2.49 bits per heavy atom. The summed E-state index contributed by atoms with van der Waals surface area (Å²) in [5, 5.41) is 2.86. The molecule has 0 atom stereocenters. The number of fused-ring (bicyclic) bond motifs is 2. The SMILES string of the molecule is CC(C)N1CCC2(CCc3cc(-c4cc(-c5ccc6c(c5)CCNC6=O)c(N)nc4F)ccc3O2)CC1. The van der Waals surface area contributed by atoms with Crippen molar-refractivity contribution in [1.29, 1.82) is 0 Å². The predicted octanol–water partition coefficient (Wildman–Crippen LogP) is 4.99. The Morgan fingerprint density at radius 1 is 0.973 bits per heavy atom. The number of carbonyl (C=O) groups excluding carboxylic acids is 1. The maximum atomic E-state index is 15.1. The number of ether oxygens (including phenoxy) is 1. The van der Waals surface area contributed by atoms with Crippen LogP contribution in [0.5, 0.6) is 5.75 Å². The monoisotopic (exact) mass is 500 g/mol. The van der Waals surface area contributed by atoms with Gasteiger partial charge < -0.3 is 20.7 Å².